The van der Waals surface area contributed by atoms with Crippen LogP contribution in [0.15, 0.2) is 78.9 Å². The largest absolute Gasteiger partial charge is 1.00 e. The summed E-state index contributed by atoms with van der Waals surface area (Å²) in [6, 6.07) is 24.4. The van der Waals surface area contributed by atoms with E-state index in [2.05, 4.69) is 11.4 Å². The van der Waals surface area contributed by atoms with Crippen molar-refractivity contribution in [1.82, 2.24) is 0 Å². The van der Waals surface area contributed by atoms with Gasteiger partial charge in [-0.25, -0.2) is 8.42 Å². The third-order valence-electron chi connectivity index (χ3n) is 4.90. The predicted molar refractivity (Wildman–Crippen MR) is 121 cm³/mol. The fraction of sp³-hybridized carbons (Fsp3) is 0.125. The number of hydrogen-bond donors (Lipinski definition) is 1. The smallest absolute Gasteiger partial charge is 0.748 e. The number of fused-ring (bicyclic) bond motifs is 2. The molecule has 0 bridgehead atoms. The van der Waals surface area contributed by atoms with Gasteiger partial charge in [-0.15, -0.1) is 0 Å². The van der Waals surface area contributed by atoms with Crippen LogP contribution in [0.3, 0.4) is 0 Å². The molecule has 0 unspecified atom stereocenters. The molecule has 6 nitrogen and oxygen atoms in total. The molecule has 0 saturated heterocycles. The molecule has 32 heavy (non-hydrogen) atoms. The summed E-state index contributed by atoms with van der Waals surface area (Å²) in [5.41, 5.74) is 1.15. The molecule has 8 heteroatoms. The zero-order valence-electron chi connectivity index (χ0n) is 17.6. The van der Waals surface area contributed by atoms with Gasteiger partial charge in [-0.2, -0.15) is 0 Å². The fourth-order valence-electron chi connectivity index (χ4n) is 3.54. The number of carbonyl (C=O) groups is 1. The van der Waals surface area contributed by atoms with E-state index >= 15 is 0 Å². The summed E-state index contributed by atoms with van der Waals surface area (Å²) in [6.07, 6.45) is 0.102. The van der Waals surface area contributed by atoms with Crippen LogP contribution >= 0.6 is 0 Å². The Kier molecular flexibility index (Phi) is 8.46. The van der Waals surface area contributed by atoms with Gasteiger partial charge in [0, 0.05) is 17.5 Å². The second-order valence-electron chi connectivity index (χ2n) is 7.14. The minimum absolute atomic E-state index is 0. The zero-order valence-corrected chi connectivity index (χ0v) is 21.5. The summed E-state index contributed by atoms with van der Waals surface area (Å²) < 4.78 is 37.6. The summed E-state index contributed by atoms with van der Waals surface area (Å²) in [6.45, 7) is 0.0901. The van der Waals surface area contributed by atoms with E-state index in [0.717, 1.165) is 21.5 Å². The van der Waals surface area contributed by atoms with E-state index in [0.29, 0.717) is 17.0 Å². The standard InChI is InChI=1S/C24H21NO5S.K/c26-24(25-19-9-5-10-20(16-19)30-13-6-14-31(27,28)29)23-21-11-3-1-7-17(21)15-18-8-2-4-12-22(18)23;/h1-5,7-12,15-16H,6,13-14H2,(H,25,26)(H,27,28,29);/q;+1/p-1. The van der Waals surface area contributed by atoms with Gasteiger partial charge in [0.2, 0.25) is 0 Å². The predicted octanol–water partition coefficient (Wildman–Crippen LogP) is 1.56. The number of ether oxygens (including phenoxy) is 1. The Balaban J connectivity index is 0.00000289. The first-order chi connectivity index (χ1) is 14.9. The van der Waals surface area contributed by atoms with E-state index in [-0.39, 0.29) is 70.3 Å². The van der Waals surface area contributed by atoms with Crippen molar-refractivity contribution in [2.24, 2.45) is 0 Å². The number of rotatable bonds is 7. The maximum Gasteiger partial charge on any atom is 1.00 e. The maximum absolute atomic E-state index is 13.3. The van der Waals surface area contributed by atoms with Crippen LogP contribution in [-0.4, -0.2) is 31.2 Å². The summed E-state index contributed by atoms with van der Waals surface area (Å²) in [5, 5.41) is 6.63. The van der Waals surface area contributed by atoms with Crippen LogP contribution in [0.1, 0.15) is 16.8 Å². The summed E-state index contributed by atoms with van der Waals surface area (Å²) in [4.78, 5) is 13.3. The normalized spacial score (nSPS) is 11.2. The average Bonchev–Trinajstić information content (AvgIpc) is 2.74. The van der Waals surface area contributed by atoms with Crippen LogP contribution in [0.25, 0.3) is 21.5 Å². The fourth-order valence-corrected chi connectivity index (χ4v) is 4.01. The Labute approximate surface area is 229 Å². The van der Waals surface area contributed by atoms with E-state index in [1.54, 1.807) is 24.3 Å². The molecule has 0 radical (unpaired) electrons. The van der Waals surface area contributed by atoms with Gasteiger partial charge in [-0.3, -0.25) is 4.79 Å². The number of hydrogen-bond acceptors (Lipinski definition) is 5. The van der Waals surface area contributed by atoms with E-state index in [1.165, 1.54) is 0 Å². The van der Waals surface area contributed by atoms with Crippen molar-refractivity contribution in [3.05, 3.63) is 84.4 Å². The zero-order chi connectivity index (χ0) is 21.8. The van der Waals surface area contributed by atoms with E-state index in [4.69, 9.17) is 4.74 Å². The van der Waals surface area contributed by atoms with Gasteiger partial charge in [-0.1, -0.05) is 54.6 Å². The monoisotopic (exact) mass is 473 g/mol. The average molecular weight is 474 g/mol. The SMILES string of the molecule is O=C(Nc1cccc(OCCCS(=O)(=O)[O-])c1)c1c2ccccc2cc2ccccc12.[K+]. The Hall–Kier alpha value is -1.78. The number of nitrogens with one attached hydrogen (secondary N) is 1. The van der Waals surface area contributed by atoms with Crippen LogP contribution < -0.4 is 61.4 Å². The molecule has 0 aromatic heterocycles. The van der Waals surface area contributed by atoms with E-state index < -0.39 is 15.9 Å². The summed E-state index contributed by atoms with van der Waals surface area (Å²) in [7, 11) is -4.26. The van der Waals surface area contributed by atoms with Gasteiger partial charge in [0.05, 0.1) is 22.3 Å². The topological polar surface area (TPSA) is 95.5 Å². The second kappa shape index (κ2) is 10.9. The molecule has 0 fully saturated rings. The quantitative estimate of drug-likeness (QED) is 0.190. The van der Waals surface area contributed by atoms with Crippen LogP contribution in [0.2, 0.25) is 0 Å². The van der Waals surface area contributed by atoms with Gasteiger partial charge >= 0.3 is 51.4 Å². The molecule has 4 aromatic rings. The number of amides is 1. The number of benzene rings is 4. The van der Waals surface area contributed by atoms with Crippen molar-refractivity contribution in [3.8, 4) is 5.75 Å². The van der Waals surface area contributed by atoms with Crippen LogP contribution in [0, 0.1) is 0 Å². The van der Waals surface area contributed by atoms with E-state index in [1.807, 2.05) is 48.5 Å². The molecule has 1 amide bonds. The molecule has 0 aliphatic heterocycles. The molecule has 4 rings (SSSR count). The van der Waals surface area contributed by atoms with Gasteiger partial charge in [-0.05, 0) is 46.2 Å². The first kappa shape index (κ1) is 24.9. The molecule has 0 aliphatic rings. The molecule has 0 atom stereocenters. The first-order valence-corrected chi connectivity index (χ1v) is 11.4. The van der Waals surface area contributed by atoms with Crippen LogP contribution in [-0.2, 0) is 10.1 Å². The van der Waals surface area contributed by atoms with E-state index in [9.17, 15) is 17.8 Å². The Bertz CT molecular complexity index is 1320. The Morgan fingerprint density at radius 3 is 2.12 bits per heavy atom. The summed E-state index contributed by atoms with van der Waals surface area (Å²) in [5.74, 6) is -0.233. The minimum atomic E-state index is -4.26. The second-order valence-corrected chi connectivity index (χ2v) is 8.66. The Morgan fingerprint density at radius 1 is 0.875 bits per heavy atom. The minimum Gasteiger partial charge on any atom is -0.748 e. The van der Waals surface area contributed by atoms with Crippen LogP contribution in [0.5, 0.6) is 5.75 Å². The van der Waals surface area contributed by atoms with Gasteiger partial charge in [0.1, 0.15) is 5.75 Å². The molecule has 158 valence electrons. The van der Waals surface area contributed by atoms with Crippen molar-refractivity contribution in [2.45, 2.75) is 6.42 Å². The molecule has 0 saturated carbocycles. The third-order valence-corrected chi connectivity index (χ3v) is 5.69. The van der Waals surface area contributed by atoms with Gasteiger partial charge in [0.15, 0.2) is 0 Å². The van der Waals surface area contributed by atoms with Gasteiger partial charge in [0.25, 0.3) is 5.91 Å². The van der Waals surface area contributed by atoms with Crippen molar-refractivity contribution < 1.29 is 73.9 Å². The molecule has 0 aliphatic carbocycles. The molecule has 1 N–H and O–H groups in total. The number of anilines is 1. The van der Waals surface area contributed by atoms with Crippen molar-refractivity contribution in [3.63, 3.8) is 0 Å². The van der Waals surface area contributed by atoms with Crippen molar-refractivity contribution in [1.29, 1.82) is 0 Å². The molecule has 0 spiro atoms. The van der Waals surface area contributed by atoms with Crippen LogP contribution in [0.4, 0.5) is 5.69 Å². The van der Waals surface area contributed by atoms with Crippen molar-refractivity contribution in [2.75, 3.05) is 17.7 Å². The number of carbonyl (C=O) groups excluding carboxylic acids is 1. The summed E-state index contributed by atoms with van der Waals surface area (Å²) >= 11 is 0. The Morgan fingerprint density at radius 2 is 1.50 bits per heavy atom. The molecule has 4 aromatic carbocycles. The first-order valence-electron chi connectivity index (χ1n) is 9.79. The molecular weight excluding hydrogens is 453 g/mol. The molecular formula is C24H20KNO5S. The van der Waals surface area contributed by atoms with Crippen molar-refractivity contribution >= 4 is 43.3 Å². The maximum atomic E-state index is 13.3. The van der Waals surface area contributed by atoms with Gasteiger partial charge < -0.3 is 14.6 Å². The third kappa shape index (κ3) is 6.17. The molecule has 0 heterocycles.